The van der Waals surface area contributed by atoms with Gasteiger partial charge in [-0.25, -0.2) is 0 Å². The SMILES string of the molecule is C=C(Cl)CN1CCCC1C. The first kappa shape index (κ1) is 8.09. The van der Waals surface area contributed by atoms with Crippen LogP contribution in [-0.4, -0.2) is 24.0 Å². The largest absolute Gasteiger partial charge is 0.296 e. The molecule has 58 valence electrons. The Bertz CT molecular complexity index is 133. The molecule has 1 saturated heterocycles. The normalized spacial score (nSPS) is 27.2. The molecular formula is C8H14ClN. The lowest BCUT2D eigenvalue weighted by Gasteiger charge is -2.19. The molecule has 2 heteroatoms. The molecule has 0 aliphatic carbocycles. The summed E-state index contributed by atoms with van der Waals surface area (Å²) in [4.78, 5) is 2.37. The predicted octanol–water partition coefficient (Wildman–Crippen LogP) is 2.22. The van der Waals surface area contributed by atoms with E-state index in [1.165, 1.54) is 19.4 Å². The van der Waals surface area contributed by atoms with Gasteiger partial charge in [0.2, 0.25) is 0 Å². The summed E-state index contributed by atoms with van der Waals surface area (Å²) >= 11 is 5.69. The van der Waals surface area contributed by atoms with Crippen LogP contribution in [-0.2, 0) is 0 Å². The Balaban J connectivity index is 2.33. The zero-order chi connectivity index (χ0) is 7.56. The van der Waals surface area contributed by atoms with Crippen molar-refractivity contribution < 1.29 is 0 Å². The van der Waals surface area contributed by atoms with Crippen molar-refractivity contribution in [1.29, 1.82) is 0 Å². The average Bonchev–Trinajstić information content (AvgIpc) is 2.15. The van der Waals surface area contributed by atoms with Gasteiger partial charge in [0.25, 0.3) is 0 Å². The molecule has 0 amide bonds. The molecule has 1 rings (SSSR count). The second-order valence-electron chi connectivity index (χ2n) is 2.98. The summed E-state index contributed by atoms with van der Waals surface area (Å²) in [5.74, 6) is 0. The Kier molecular flexibility index (Phi) is 2.75. The van der Waals surface area contributed by atoms with Gasteiger partial charge in [-0.15, -0.1) is 0 Å². The summed E-state index contributed by atoms with van der Waals surface area (Å²) in [6.07, 6.45) is 2.62. The van der Waals surface area contributed by atoms with Crippen molar-refractivity contribution in [3.05, 3.63) is 11.6 Å². The Hall–Kier alpha value is -0.0100. The van der Waals surface area contributed by atoms with Crippen LogP contribution in [0.3, 0.4) is 0 Å². The molecule has 0 N–H and O–H groups in total. The van der Waals surface area contributed by atoms with Crippen molar-refractivity contribution in [2.24, 2.45) is 0 Å². The molecule has 0 saturated carbocycles. The fourth-order valence-corrected chi connectivity index (χ4v) is 1.60. The predicted molar refractivity (Wildman–Crippen MR) is 45.3 cm³/mol. The van der Waals surface area contributed by atoms with Crippen LogP contribution in [0.15, 0.2) is 11.6 Å². The quantitative estimate of drug-likeness (QED) is 0.598. The van der Waals surface area contributed by atoms with Crippen molar-refractivity contribution in [2.75, 3.05) is 13.1 Å². The molecule has 0 spiro atoms. The topological polar surface area (TPSA) is 3.24 Å². The minimum atomic E-state index is 0.704. The van der Waals surface area contributed by atoms with E-state index in [4.69, 9.17) is 11.6 Å². The minimum absolute atomic E-state index is 0.704. The molecule has 0 bridgehead atoms. The molecule has 0 aromatic carbocycles. The number of hydrogen-bond acceptors (Lipinski definition) is 1. The number of rotatable bonds is 2. The lowest BCUT2D eigenvalue weighted by atomic mass is 10.2. The summed E-state index contributed by atoms with van der Waals surface area (Å²) < 4.78 is 0. The van der Waals surface area contributed by atoms with E-state index in [0.29, 0.717) is 6.04 Å². The van der Waals surface area contributed by atoms with E-state index in [-0.39, 0.29) is 0 Å². The molecule has 0 radical (unpaired) electrons. The lowest BCUT2D eigenvalue weighted by molar-refractivity contribution is 0.296. The van der Waals surface area contributed by atoms with E-state index >= 15 is 0 Å². The fourth-order valence-electron chi connectivity index (χ4n) is 1.45. The molecule has 1 aliphatic heterocycles. The number of hydrogen-bond donors (Lipinski definition) is 0. The Morgan fingerprint density at radius 3 is 2.90 bits per heavy atom. The average molecular weight is 160 g/mol. The molecule has 1 atom stereocenters. The van der Waals surface area contributed by atoms with Crippen LogP contribution in [0, 0.1) is 0 Å². The van der Waals surface area contributed by atoms with Crippen LogP contribution in [0.4, 0.5) is 0 Å². The van der Waals surface area contributed by atoms with Gasteiger partial charge in [0, 0.05) is 17.6 Å². The Morgan fingerprint density at radius 2 is 2.50 bits per heavy atom. The maximum Gasteiger partial charge on any atom is 0.0338 e. The maximum atomic E-state index is 5.69. The highest BCUT2D eigenvalue weighted by atomic mass is 35.5. The van der Waals surface area contributed by atoms with Gasteiger partial charge >= 0.3 is 0 Å². The lowest BCUT2D eigenvalue weighted by Crippen LogP contribution is -2.27. The molecule has 10 heavy (non-hydrogen) atoms. The molecule has 1 heterocycles. The van der Waals surface area contributed by atoms with E-state index in [0.717, 1.165) is 11.6 Å². The minimum Gasteiger partial charge on any atom is -0.296 e. The highest BCUT2D eigenvalue weighted by molar-refractivity contribution is 6.29. The monoisotopic (exact) mass is 159 g/mol. The van der Waals surface area contributed by atoms with Crippen LogP contribution in [0.2, 0.25) is 0 Å². The summed E-state index contributed by atoms with van der Waals surface area (Å²) in [5.41, 5.74) is 0. The van der Waals surface area contributed by atoms with Gasteiger partial charge in [-0.3, -0.25) is 4.90 Å². The molecule has 1 unspecified atom stereocenters. The number of nitrogens with zero attached hydrogens (tertiary/aromatic N) is 1. The van der Waals surface area contributed by atoms with E-state index < -0.39 is 0 Å². The van der Waals surface area contributed by atoms with E-state index in [1.54, 1.807) is 0 Å². The van der Waals surface area contributed by atoms with Crippen LogP contribution >= 0.6 is 11.6 Å². The van der Waals surface area contributed by atoms with Gasteiger partial charge in [-0.2, -0.15) is 0 Å². The summed E-state index contributed by atoms with van der Waals surface area (Å²) in [7, 11) is 0. The van der Waals surface area contributed by atoms with Gasteiger partial charge in [-0.05, 0) is 26.3 Å². The number of halogens is 1. The highest BCUT2D eigenvalue weighted by Gasteiger charge is 2.19. The zero-order valence-corrected chi connectivity index (χ0v) is 7.19. The first-order chi connectivity index (χ1) is 4.70. The summed E-state index contributed by atoms with van der Waals surface area (Å²) in [6.45, 7) is 7.97. The van der Waals surface area contributed by atoms with E-state index in [2.05, 4.69) is 18.4 Å². The van der Waals surface area contributed by atoms with Crippen LogP contribution in [0.5, 0.6) is 0 Å². The van der Waals surface area contributed by atoms with Crippen molar-refractivity contribution in [2.45, 2.75) is 25.8 Å². The standard InChI is InChI=1S/C8H14ClN/c1-7(9)6-10-5-3-4-8(10)2/h8H,1,3-6H2,2H3. The molecule has 0 aromatic rings. The van der Waals surface area contributed by atoms with Crippen molar-refractivity contribution in [3.8, 4) is 0 Å². The van der Waals surface area contributed by atoms with Crippen LogP contribution in [0.1, 0.15) is 19.8 Å². The van der Waals surface area contributed by atoms with Crippen molar-refractivity contribution >= 4 is 11.6 Å². The van der Waals surface area contributed by atoms with Gasteiger partial charge in [0.1, 0.15) is 0 Å². The van der Waals surface area contributed by atoms with Gasteiger partial charge in [-0.1, -0.05) is 18.2 Å². The molecular weight excluding hydrogens is 146 g/mol. The van der Waals surface area contributed by atoms with Crippen molar-refractivity contribution in [3.63, 3.8) is 0 Å². The van der Waals surface area contributed by atoms with E-state index in [1.807, 2.05) is 0 Å². The van der Waals surface area contributed by atoms with Crippen LogP contribution < -0.4 is 0 Å². The van der Waals surface area contributed by atoms with Crippen LogP contribution in [0.25, 0.3) is 0 Å². The Labute approximate surface area is 67.7 Å². The highest BCUT2D eigenvalue weighted by Crippen LogP contribution is 2.17. The van der Waals surface area contributed by atoms with Gasteiger partial charge < -0.3 is 0 Å². The molecule has 1 fully saturated rings. The summed E-state index contributed by atoms with van der Waals surface area (Å²) in [5, 5.41) is 0.758. The zero-order valence-electron chi connectivity index (χ0n) is 6.44. The first-order valence-corrected chi connectivity index (χ1v) is 4.15. The third-order valence-electron chi connectivity index (χ3n) is 2.07. The fraction of sp³-hybridized carbons (Fsp3) is 0.750. The first-order valence-electron chi connectivity index (χ1n) is 3.77. The van der Waals surface area contributed by atoms with Gasteiger partial charge in [0.15, 0.2) is 0 Å². The third kappa shape index (κ3) is 1.99. The third-order valence-corrected chi connectivity index (χ3v) is 2.18. The molecule has 1 nitrogen and oxygen atoms in total. The van der Waals surface area contributed by atoms with E-state index in [9.17, 15) is 0 Å². The molecule has 1 aliphatic rings. The Morgan fingerprint density at radius 1 is 1.80 bits per heavy atom. The maximum absolute atomic E-state index is 5.69. The smallest absolute Gasteiger partial charge is 0.0338 e. The second kappa shape index (κ2) is 3.40. The van der Waals surface area contributed by atoms with Gasteiger partial charge in [0.05, 0.1) is 0 Å². The molecule has 0 aromatic heterocycles. The van der Waals surface area contributed by atoms with Crippen molar-refractivity contribution in [1.82, 2.24) is 4.90 Å². The number of likely N-dealkylation sites (tertiary alicyclic amines) is 1. The summed E-state index contributed by atoms with van der Waals surface area (Å²) in [6, 6.07) is 0.704. The second-order valence-corrected chi connectivity index (χ2v) is 3.51.